The first kappa shape index (κ1) is 11.3. The predicted molar refractivity (Wildman–Crippen MR) is 62.8 cm³/mol. The van der Waals surface area contributed by atoms with Gasteiger partial charge >= 0.3 is 5.69 Å². The number of aromatic nitrogens is 1. The van der Waals surface area contributed by atoms with Crippen molar-refractivity contribution in [3.8, 4) is 11.5 Å². The summed E-state index contributed by atoms with van der Waals surface area (Å²) in [7, 11) is 2.89. The van der Waals surface area contributed by atoms with Crippen molar-refractivity contribution >= 4 is 16.6 Å². The molecule has 90 valence electrons. The van der Waals surface area contributed by atoms with Gasteiger partial charge in [0.05, 0.1) is 36.1 Å². The number of methoxy groups -OCH3 is 2. The van der Waals surface area contributed by atoms with Crippen molar-refractivity contribution in [1.82, 2.24) is 4.98 Å². The molecular formula is C11H12N2O4. The molecule has 6 heteroatoms. The normalized spacial score (nSPS) is 10.5. The maximum atomic E-state index is 11.0. The number of hydrogen-bond acceptors (Lipinski definition) is 4. The van der Waals surface area contributed by atoms with Gasteiger partial charge in [-0.25, -0.2) is 0 Å². The van der Waals surface area contributed by atoms with Gasteiger partial charge in [0.1, 0.15) is 5.75 Å². The molecule has 6 nitrogen and oxygen atoms in total. The molecule has 0 aliphatic carbocycles. The summed E-state index contributed by atoms with van der Waals surface area (Å²) in [5, 5.41) is 11.6. The number of nitro groups is 1. The van der Waals surface area contributed by atoms with Crippen LogP contribution in [0.5, 0.6) is 11.5 Å². The Labute approximate surface area is 97.3 Å². The van der Waals surface area contributed by atoms with Gasteiger partial charge in [0.25, 0.3) is 0 Å². The number of nitrogens with zero attached hydrogens (tertiary/aromatic N) is 1. The van der Waals surface area contributed by atoms with Crippen LogP contribution >= 0.6 is 0 Å². The topological polar surface area (TPSA) is 77.4 Å². The minimum absolute atomic E-state index is 0.101. The molecule has 2 aromatic rings. The van der Waals surface area contributed by atoms with E-state index in [9.17, 15) is 10.1 Å². The second-order valence-corrected chi connectivity index (χ2v) is 3.63. The number of ether oxygens (including phenoxy) is 2. The van der Waals surface area contributed by atoms with Crippen molar-refractivity contribution in [2.24, 2.45) is 0 Å². The van der Waals surface area contributed by atoms with Crippen LogP contribution in [0, 0.1) is 17.0 Å². The first-order valence-corrected chi connectivity index (χ1v) is 4.97. The van der Waals surface area contributed by atoms with E-state index in [2.05, 4.69) is 4.98 Å². The molecule has 0 unspecified atom stereocenters. The van der Waals surface area contributed by atoms with Crippen LogP contribution in [0.15, 0.2) is 12.1 Å². The monoisotopic (exact) mass is 236 g/mol. The summed E-state index contributed by atoms with van der Waals surface area (Å²) >= 11 is 0. The van der Waals surface area contributed by atoms with Crippen LogP contribution in [0.4, 0.5) is 5.69 Å². The molecule has 1 aromatic heterocycles. The van der Waals surface area contributed by atoms with Crippen LogP contribution in [-0.2, 0) is 0 Å². The average molecular weight is 236 g/mol. The molecular weight excluding hydrogens is 224 g/mol. The molecule has 0 radical (unpaired) electrons. The first-order chi connectivity index (χ1) is 8.08. The van der Waals surface area contributed by atoms with Gasteiger partial charge in [-0.15, -0.1) is 0 Å². The highest BCUT2D eigenvalue weighted by atomic mass is 16.6. The van der Waals surface area contributed by atoms with Gasteiger partial charge in [-0.05, 0) is 13.0 Å². The van der Waals surface area contributed by atoms with Crippen molar-refractivity contribution in [3.63, 3.8) is 0 Å². The number of H-pyrrole nitrogens is 1. The highest BCUT2D eigenvalue weighted by Gasteiger charge is 2.22. The van der Waals surface area contributed by atoms with E-state index < -0.39 is 4.92 Å². The summed E-state index contributed by atoms with van der Waals surface area (Å²) in [6.07, 6.45) is 0. The van der Waals surface area contributed by atoms with Crippen LogP contribution in [0.25, 0.3) is 10.9 Å². The van der Waals surface area contributed by atoms with E-state index in [1.165, 1.54) is 20.3 Å². The smallest absolute Gasteiger partial charge is 0.315 e. The van der Waals surface area contributed by atoms with Crippen molar-refractivity contribution in [1.29, 1.82) is 0 Å². The van der Waals surface area contributed by atoms with Crippen molar-refractivity contribution in [2.75, 3.05) is 14.2 Å². The molecule has 1 heterocycles. The lowest BCUT2D eigenvalue weighted by Crippen LogP contribution is -1.96. The molecule has 0 bridgehead atoms. The Hall–Kier alpha value is -2.24. The molecule has 0 aliphatic rings. The molecule has 0 fully saturated rings. The van der Waals surface area contributed by atoms with E-state index in [1.807, 2.05) is 6.92 Å². The second-order valence-electron chi connectivity index (χ2n) is 3.63. The van der Waals surface area contributed by atoms with E-state index in [0.29, 0.717) is 16.7 Å². The highest BCUT2D eigenvalue weighted by Crippen LogP contribution is 2.40. The number of aryl methyl sites for hydroxylation is 1. The molecule has 1 aromatic carbocycles. The van der Waals surface area contributed by atoms with Crippen molar-refractivity contribution < 1.29 is 14.4 Å². The molecule has 17 heavy (non-hydrogen) atoms. The largest absolute Gasteiger partial charge is 0.494 e. The predicted octanol–water partition coefficient (Wildman–Crippen LogP) is 2.40. The fourth-order valence-electron chi connectivity index (χ4n) is 1.87. The molecule has 0 saturated carbocycles. The lowest BCUT2D eigenvalue weighted by molar-refractivity contribution is -0.385. The SMILES string of the molecule is COc1c([N+](=O)[O-])cc(OC)c2[nH]c(C)cc12. The van der Waals surface area contributed by atoms with Crippen LogP contribution in [0.3, 0.4) is 0 Å². The summed E-state index contributed by atoms with van der Waals surface area (Å²) in [6, 6.07) is 3.15. The Kier molecular flexibility index (Phi) is 2.63. The lowest BCUT2D eigenvalue weighted by Gasteiger charge is -2.06. The van der Waals surface area contributed by atoms with E-state index in [0.717, 1.165) is 5.69 Å². The van der Waals surface area contributed by atoms with Crippen molar-refractivity contribution in [3.05, 3.63) is 27.9 Å². The Morgan fingerprint density at radius 2 is 2.00 bits per heavy atom. The minimum Gasteiger partial charge on any atom is -0.494 e. The third-order valence-corrected chi connectivity index (χ3v) is 2.56. The molecule has 1 N–H and O–H groups in total. The van der Waals surface area contributed by atoms with Gasteiger partial charge in [0.15, 0.2) is 0 Å². The molecule has 2 rings (SSSR count). The number of aromatic amines is 1. The maximum absolute atomic E-state index is 11.0. The number of nitrogens with one attached hydrogen (secondary N) is 1. The first-order valence-electron chi connectivity index (χ1n) is 4.97. The van der Waals surface area contributed by atoms with Gasteiger partial charge < -0.3 is 14.5 Å². The summed E-state index contributed by atoms with van der Waals surface area (Å²) in [5.74, 6) is 0.677. The van der Waals surface area contributed by atoms with Crippen LogP contribution < -0.4 is 9.47 Å². The standard InChI is InChI=1S/C11H12N2O4/c1-6-4-7-10(12-6)9(16-2)5-8(13(14)15)11(7)17-3/h4-5,12H,1-3H3. The Morgan fingerprint density at radius 1 is 1.29 bits per heavy atom. The number of rotatable bonds is 3. The highest BCUT2D eigenvalue weighted by molar-refractivity contribution is 5.95. The van der Waals surface area contributed by atoms with Crippen LogP contribution in [0.2, 0.25) is 0 Å². The Bertz CT molecular complexity index is 589. The second kappa shape index (κ2) is 3.97. The molecule has 0 saturated heterocycles. The van der Waals surface area contributed by atoms with Gasteiger partial charge in [0, 0.05) is 5.69 Å². The zero-order valence-corrected chi connectivity index (χ0v) is 9.73. The molecule has 0 atom stereocenters. The van der Waals surface area contributed by atoms with Crippen LogP contribution in [0.1, 0.15) is 5.69 Å². The summed E-state index contributed by atoms with van der Waals surface area (Å²) < 4.78 is 10.3. The third-order valence-electron chi connectivity index (χ3n) is 2.56. The fourth-order valence-corrected chi connectivity index (χ4v) is 1.87. The third kappa shape index (κ3) is 1.67. The number of nitro benzene ring substituents is 1. The zero-order chi connectivity index (χ0) is 12.6. The van der Waals surface area contributed by atoms with E-state index >= 15 is 0 Å². The van der Waals surface area contributed by atoms with Gasteiger partial charge in [-0.1, -0.05) is 0 Å². The Balaban J connectivity index is 2.88. The summed E-state index contributed by atoms with van der Waals surface area (Å²) in [6.45, 7) is 1.87. The Morgan fingerprint density at radius 3 is 2.53 bits per heavy atom. The summed E-state index contributed by atoms with van der Waals surface area (Å²) in [5.41, 5.74) is 1.49. The van der Waals surface area contributed by atoms with Gasteiger partial charge in [-0.3, -0.25) is 10.1 Å². The van der Waals surface area contributed by atoms with E-state index in [1.54, 1.807) is 6.07 Å². The van der Waals surface area contributed by atoms with E-state index in [4.69, 9.17) is 9.47 Å². The number of benzene rings is 1. The molecule has 0 amide bonds. The maximum Gasteiger partial charge on any atom is 0.315 e. The quantitative estimate of drug-likeness (QED) is 0.655. The van der Waals surface area contributed by atoms with Crippen molar-refractivity contribution in [2.45, 2.75) is 6.92 Å². The molecule has 0 aliphatic heterocycles. The molecule has 0 spiro atoms. The summed E-state index contributed by atoms with van der Waals surface area (Å²) in [4.78, 5) is 13.6. The zero-order valence-electron chi connectivity index (χ0n) is 9.73. The van der Waals surface area contributed by atoms with Gasteiger partial charge in [0.2, 0.25) is 5.75 Å². The number of fused-ring (bicyclic) bond motifs is 1. The van der Waals surface area contributed by atoms with Gasteiger partial charge in [-0.2, -0.15) is 0 Å². The lowest BCUT2D eigenvalue weighted by atomic mass is 10.2. The van der Waals surface area contributed by atoms with E-state index in [-0.39, 0.29) is 11.4 Å². The average Bonchev–Trinajstić information content (AvgIpc) is 2.67. The van der Waals surface area contributed by atoms with Crippen LogP contribution in [-0.4, -0.2) is 24.1 Å². The minimum atomic E-state index is -0.483. The number of hydrogen-bond donors (Lipinski definition) is 1. The fraction of sp³-hybridized carbons (Fsp3) is 0.273.